The van der Waals surface area contributed by atoms with Gasteiger partial charge in [-0.2, -0.15) is 0 Å². The summed E-state index contributed by atoms with van der Waals surface area (Å²) in [5.41, 5.74) is 0.559. The molecule has 1 rings (SSSR count). The molecule has 0 saturated heterocycles. The van der Waals surface area contributed by atoms with E-state index in [1.165, 1.54) is 19.3 Å². The second-order valence-electron chi connectivity index (χ2n) is 6.24. The monoisotopic (exact) mass is 287 g/mol. The third kappa shape index (κ3) is 4.28. The lowest BCUT2D eigenvalue weighted by molar-refractivity contribution is 0.124. The average molecular weight is 288 g/mol. The van der Waals surface area contributed by atoms with Crippen molar-refractivity contribution < 1.29 is 8.85 Å². The fourth-order valence-corrected chi connectivity index (χ4v) is 8.00. The summed E-state index contributed by atoms with van der Waals surface area (Å²) in [5.74, 6) is 1.39. The van der Waals surface area contributed by atoms with Crippen LogP contribution in [0.1, 0.15) is 60.8 Å². The minimum Gasteiger partial charge on any atom is -0.383 e. The van der Waals surface area contributed by atoms with E-state index in [2.05, 4.69) is 46.5 Å². The molecule has 3 nitrogen and oxygen atoms in total. The molecule has 0 heterocycles. The van der Waals surface area contributed by atoms with Crippen LogP contribution in [0.4, 0.5) is 0 Å². The third-order valence-electron chi connectivity index (χ3n) is 4.19. The van der Waals surface area contributed by atoms with Gasteiger partial charge in [0, 0.05) is 18.8 Å². The number of nitrogens with one attached hydrogen (secondary N) is 1. The maximum Gasteiger partial charge on any atom is 0.429 e. The van der Waals surface area contributed by atoms with Gasteiger partial charge in [0.25, 0.3) is 0 Å². The molecular formula is C15H33NO2Si. The summed E-state index contributed by atoms with van der Waals surface area (Å²) in [6.45, 7) is 14.8. The Bertz CT molecular complexity index is 245. The van der Waals surface area contributed by atoms with E-state index in [-0.39, 0.29) is 0 Å². The molecule has 114 valence electrons. The lowest BCUT2D eigenvalue weighted by Gasteiger charge is -2.46. The van der Waals surface area contributed by atoms with E-state index in [1.54, 1.807) is 0 Å². The summed E-state index contributed by atoms with van der Waals surface area (Å²) in [5, 5.41) is 0. The quantitative estimate of drug-likeness (QED) is 0.722. The molecule has 1 N–H and O–H groups in total. The van der Waals surface area contributed by atoms with Crippen molar-refractivity contribution in [2.45, 2.75) is 72.4 Å². The molecule has 1 aliphatic carbocycles. The normalized spacial score (nSPS) is 28.9. The Labute approximate surface area is 120 Å². The molecule has 1 fully saturated rings. The number of hydrogen-bond acceptors (Lipinski definition) is 3. The van der Waals surface area contributed by atoms with E-state index < -0.39 is 8.72 Å². The predicted octanol–water partition coefficient (Wildman–Crippen LogP) is 3.82. The summed E-state index contributed by atoms with van der Waals surface area (Å²) in [7, 11) is -2.33. The Morgan fingerprint density at radius 1 is 1.05 bits per heavy atom. The molecular weight excluding hydrogens is 254 g/mol. The molecule has 0 aliphatic heterocycles. The fourth-order valence-electron chi connectivity index (χ4n) is 3.68. The van der Waals surface area contributed by atoms with Crippen LogP contribution in [0.25, 0.3) is 0 Å². The van der Waals surface area contributed by atoms with Crippen LogP contribution < -0.4 is 4.98 Å². The lowest BCUT2D eigenvalue weighted by Crippen LogP contribution is -2.64. The Hall–Kier alpha value is 0.0969. The van der Waals surface area contributed by atoms with Crippen LogP contribution in [-0.4, -0.2) is 28.0 Å². The molecule has 0 amide bonds. The average Bonchev–Trinajstić information content (AvgIpc) is 2.28. The van der Waals surface area contributed by atoms with Crippen LogP contribution in [0.5, 0.6) is 0 Å². The van der Waals surface area contributed by atoms with Gasteiger partial charge in [0.2, 0.25) is 0 Å². The molecule has 4 heteroatoms. The smallest absolute Gasteiger partial charge is 0.383 e. The molecule has 1 aliphatic rings. The van der Waals surface area contributed by atoms with Crippen molar-refractivity contribution >= 4 is 8.72 Å². The SMILES string of the molecule is CCO[Si](NC(C)C)(OCC)C1C(C)CCCC1C. The van der Waals surface area contributed by atoms with Gasteiger partial charge in [-0.25, -0.2) is 0 Å². The van der Waals surface area contributed by atoms with E-state index in [0.29, 0.717) is 23.4 Å². The Morgan fingerprint density at radius 3 is 1.89 bits per heavy atom. The number of hydrogen-bond donors (Lipinski definition) is 1. The van der Waals surface area contributed by atoms with Gasteiger partial charge in [-0.1, -0.05) is 47.0 Å². The van der Waals surface area contributed by atoms with Gasteiger partial charge in [-0.05, 0) is 31.7 Å². The van der Waals surface area contributed by atoms with Gasteiger partial charge < -0.3 is 8.85 Å². The second-order valence-corrected chi connectivity index (χ2v) is 9.11. The van der Waals surface area contributed by atoms with Crippen LogP contribution in [0.2, 0.25) is 5.54 Å². The molecule has 2 atom stereocenters. The molecule has 0 aromatic heterocycles. The second kappa shape index (κ2) is 7.77. The van der Waals surface area contributed by atoms with Gasteiger partial charge in [0.1, 0.15) is 0 Å². The molecule has 0 aromatic rings. The first-order chi connectivity index (χ1) is 8.96. The zero-order valence-corrected chi connectivity index (χ0v) is 14.7. The topological polar surface area (TPSA) is 30.5 Å². The summed E-state index contributed by atoms with van der Waals surface area (Å²) >= 11 is 0. The van der Waals surface area contributed by atoms with Gasteiger partial charge in [0.05, 0.1) is 0 Å². The molecule has 0 bridgehead atoms. The third-order valence-corrected chi connectivity index (χ3v) is 8.62. The highest BCUT2D eigenvalue weighted by atomic mass is 28.4. The van der Waals surface area contributed by atoms with Crippen LogP contribution >= 0.6 is 0 Å². The van der Waals surface area contributed by atoms with Gasteiger partial charge in [0.15, 0.2) is 0 Å². The highest BCUT2D eigenvalue weighted by Gasteiger charge is 2.52. The minimum absolute atomic E-state index is 0.408. The van der Waals surface area contributed by atoms with Crippen molar-refractivity contribution in [1.29, 1.82) is 0 Å². The first kappa shape index (κ1) is 17.1. The highest BCUT2D eigenvalue weighted by Crippen LogP contribution is 2.45. The zero-order valence-electron chi connectivity index (χ0n) is 13.7. The van der Waals surface area contributed by atoms with E-state index in [4.69, 9.17) is 8.85 Å². The standard InChI is InChI=1S/C15H33NO2Si/c1-7-17-19(18-8-2,16-12(3)4)15-13(5)10-9-11-14(15)6/h12-16H,7-11H2,1-6H3. The lowest BCUT2D eigenvalue weighted by atomic mass is 9.83. The predicted molar refractivity (Wildman–Crippen MR) is 83.2 cm³/mol. The van der Waals surface area contributed by atoms with Crippen LogP contribution in [-0.2, 0) is 8.85 Å². The van der Waals surface area contributed by atoms with E-state index in [9.17, 15) is 0 Å². The van der Waals surface area contributed by atoms with E-state index >= 15 is 0 Å². The fraction of sp³-hybridized carbons (Fsp3) is 1.00. The summed E-state index contributed by atoms with van der Waals surface area (Å²) in [6.07, 6.45) is 3.97. The Balaban J connectivity index is 3.02. The van der Waals surface area contributed by atoms with Crippen molar-refractivity contribution in [3.63, 3.8) is 0 Å². The first-order valence-corrected chi connectivity index (χ1v) is 9.91. The maximum atomic E-state index is 6.27. The van der Waals surface area contributed by atoms with Crippen molar-refractivity contribution in [1.82, 2.24) is 4.98 Å². The van der Waals surface area contributed by atoms with E-state index in [0.717, 1.165) is 13.2 Å². The molecule has 2 unspecified atom stereocenters. The van der Waals surface area contributed by atoms with Crippen molar-refractivity contribution in [2.75, 3.05) is 13.2 Å². The van der Waals surface area contributed by atoms with Crippen molar-refractivity contribution in [3.05, 3.63) is 0 Å². The molecule has 0 spiro atoms. The molecule has 0 aromatic carbocycles. The van der Waals surface area contributed by atoms with Crippen molar-refractivity contribution in [2.24, 2.45) is 11.8 Å². The first-order valence-electron chi connectivity index (χ1n) is 8.02. The summed E-state index contributed by atoms with van der Waals surface area (Å²) in [6, 6.07) is 0.408. The molecule has 0 radical (unpaired) electrons. The van der Waals surface area contributed by atoms with Gasteiger partial charge in [-0.15, -0.1) is 0 Å². The van der Waals surface area contributed by atoms with Gasteiger partial charge >= 0.3 is 8.72 Å². The summed E-state index contributed by atoms with van der Waals surface area (Å²) < 4.78 is 12.5. The highest BCUT2D eigenvalue weighted by molar-refractivity contribution is 6.66. The Kier molecular flexibility index (Phi) is 7.01. The van der Waals surface area contributed by atoms with Crippen molar-refractivity contribution in [3.8, 4) is 0 Å². The van der Waals surface area contributed by atoms with Crippen LogP contribution in [0.15, 0.2) is 0 Å². The minimum atomic E-state index is -2.33. The molecule has 19 heavy (non-hydrogen) atoms. The number of rotatable bonds is 7. The maximum absolute atomic E-state index is 6.27. The van der Waals surface area contributed by atoms with Crippen LogP contribution in [0.3, 0.4) is 0 Å². The zero-order chi connectivity index (χ0) is 14.5. The van der Waals surface area contributed by atoms with Gasteiger partial charge in [-0.3, -0.25) is 4.98 Å². The largest absolute Gasteiger partial charge is 0.429 e. The van der Waals surface area contributed by atoms with Crippen LogP contribution in [0, 0.1) is 11.8 Å². The van der Waals surface area contributed by atoms with E-state index in [1.807, 2.05) is 0 Å². The summed E-state index contributed by atoms with van der Waals surface area (Å²) in [4.78, 5) is 3.72. The Morgan fingerprint density at radius 2 is 1.53 bits per heavy atom. The molecule has 1 saturated carbocycles.